The highest BCUT2D eigenvalue weighted by Crippen LogP contribution is 2.35. The minimum Gasteiger partial charge on any atom is -0.457 e. The number of aliphatic hydroxyl groups is 4. The first-order valence-electron chi connectivity index (χ1n) is 10.7. The van der Waals surface area contributed by atoms with Crippen LogP contribution in [-0.4, -0.2) is 50.5 Å². The van der Waals surface area contributed by atoms with Crippen LogP contribution in [-0.2, 0) is 6.18 Å². The lowest BCUT2D eigenvalue weighted by atomic mass is 10.0. The van der Waals surface area contributed by atoms with Crippen molar-refractivity contribution in [1.82, 2.24) is 4.98 Å². The standard InChI is InChI=1S/C25H24F3NO6/c26-25(27,28)16-6-11-24(19(12-16)22(33)10-7-17(32)13-30)35-18-8-4-15(5-9-18)20-2-1-3-21(29-20)23(34)14-31/h1-6,8-9,11-12,17,23,30-32,34H,7,10,13-14H2/t17-,23-/m1/s1. The summed E-state index contributed by atoms with van der Waals surface area (Å²) in [5, 5.41) is 37.3. The molecule has 0 spiro atoms. The van der Waals surface area contributed by atoms with Gasteiger partial charge in [0, 0.05) is 12.0 Å². The van der Waals surface area contributed by atoms with E-state index in [1.807, 2.05) is 0 Å². The van der Waals surface area contributed by atoms with Crippen molar-refractivity contribution in [2.75, 3.05) is 13.2 Å². The third-order valence-electron chi connectivity index (χ3n) is 5.19. The predicted octanol–water partition coefficient (Wildman–Crippen LogP) is 3.90. The van der Waals surface area contributed by atoms with Gasteiger partial charge in [0.05, 0.1) is 41.8 Å². The molecule has 0 fully saturated rings. The zero-order chi connectivity index (χ0) is 25.6. The van der Waals surface area contributed by atoms with Crippen LogP contribution in [0.25, 0.3) is 11.3 Å². The van der Waals surface area contributed by atoms with E-state index >= 15 is 0 Å². The van der Waals surface area contributed by atoms with Crippen molar-refractivity contribution in [1.29, 1.82) is 0 Å². The summed E-state index contributed by atoms with van der Waals surface area (Å²) in [5.74, 6) is -0.497. The molecule has 35 heavy (non-hydrogen) atoms. The number of carbonyl (C=O) groups excluding carboxylic acids is 1. The minimum absolute atomic E-state index is 0.0829. The molecule has 2 atom stereocenters. The van der Waals surface area contributed by atoms with Crippen molar-refractivity contribution in [2.24, 2.45) is 0 Å². The summed E-state index contributed by atoms with van der Waals surface area (Å²) < 4.78 is 45.3. The number of carbonyl (C=O) groups is 1. The predicted molar refractivity (Wildman–Crippen MR) is 120 cm³/mol. The van der Waals surface area contributed by atoms with Gasteiger partial charge in [-0.3, -0.25) is 4.79 Å². The van der Waals surface area contributed by atoms with Gasteiger partial charge >= 0.3 is 6.18 Å². The fourth-order valence-electron chi connectivity index (χ4n) is 3.25. The Balaban J connectivity index is 1.85. The van der Waals surface area contributed by atoms with Gasteiger partial charge in [-0.05, 0) is 61.0 Å². The van der Waals surface area contributed by atoms with E-state index in [1.54, 1.807) is 42.5 Å². The zero-order valence-corrected chi connectivity index (χ0v) is 18.4. The molecule has 1 heterocycles. The number of hydrogen-bond donors (Lipinski definition) is 4. The first-order valence-corrected chi connectivity index (χ1v) is 10.7. The molecule has 3 aromatic rings. The lowest BCUT2D eigenvalue weighted by Crippen LogP contribution is -2.15. The molecule has 0 radical (unpaired) electrons. The van der Waals surface area contributed by atoms with Crippen molar-refractivity contribution in [3.05, 3.63) is 77.5 Å². The highest BCUT2D eigenvalue weighted by atomic mass is 19.4. The van der Waals surface area contributed by atoms with E-state index in [9.17, 15) is 28.2 Å². The number of aliphatic hydroxyl groups excluding tert-OH is 4. The number of benzene rings is 2. The van der Waals surface area contributed by atoms with Crippen molar-refractivity contribution in [3.8, 4) is 22.8 Å². The van der Waals surface area contributed by atoms with Gasteiger partial charge in [-0.25, -0.2) is 4.98 Å². The number of ether oxygens (including phenoxy) is 1. The second kappa shape index (κ2) is 11.4. The number of hydrogen-bond acceptors (Lipinski definition) is 7. The van der Waals surface area contributed by atoms with Crippen molar-refractivity contribution >= 4 is 5.78 Å². The number of pyridine rings is 1. The third-order valence-corrected chi connectivity index (χ3v) is 5.19. The highest BCUT2D eigenvalue weighted by Gasteiger charge is 2.32. The number of halogens is 3. The first-order chi connectivity index (χ1) is 16.6. The number of Topliss-reactive ketones (excluding diaryl/α,β-unsaturated/α-hetero) is 1. The molecule has 0 aliphatic rings. The van der Waals surface area contributed by atoms with Gasteiger partial charge in [0.2, 0.25) is 0 Å². The van der Waals surface area contributed by atoms with E-state index in [4.69, 9.17) is 14.9 Å². The summed E-state index contributed by atoms with van der Waals surface area (Å²) in [6.07, 6.45) is -7.33. The molecule has 0 aliphatic heterocycles. The molecule has 7 nitrogen and oxygen atoms in total. The summed E-state index contributed by atoms with van der Waals surface area (Å²) in [7, 11) is 0. The maximum Gasteiger partial charge on any atom is 0.416 e. The zero-order valence-electron chi connectivity index (χ0n) is 18.4. The Morgan fingerprint density at radius 2 is 1.69 bits per heavy atom. The Hall–Kier alpha value is -3.31. The van der Waals surface area contributed by atoms with E-state index in [0.29, 0.717) is 23.0 Å². The maximum atomic E-state index is 13.2. The van der Waals surface area contributed by atoms with Crippen LogP contribution in [0.15, 0.2) is 60.7 Å². The molecule has 0 saturated carbocycles. The van der Waals surface area contributed by atoms with Crippen LogP contribution in [0.5, 0.6) is 11.5 Å². The highest BCUT2D eigenvalue weighted by molar-refractivity contribution is 5.99. The minimum atomic E-state index is -4.66. The Morgan fingerprint density at radius 1 is 0.971 bits per heavy atom. The Bertz CT molecular complexity index is 1150. The molecule has 0 unspecified atom stereocenters. The number of aromatic nitrogens is 1. The summed E-state index contributed by atoms with van der Waals surface area (Å²) in [6.45, 7) is -1.04. The summed E-state index contributed by atoms with van der Waals surface area (Å²) >= 11 is 0. The smallest absolute Gasteiger partial charge is 0.416 e. The van der Waals surface area contributed by atoms with Crippen LogP contribution < -0.4 is 4.74 Å². The van der Waals surface area contributed by atoms with E-state index in [0.717, 1.165) is 12.1 Å². The average Bonchev–Trinajstić information content (AvgIpc) is 2.86. The summed E-state index contributed by atoms with van der Waals surface area (Å²) in [4.78, 5) is 16.9. The molecule has 0 aliphatic carbocycles. The molecule has 10 heteroatoms. The van der Waals surface area contributed by atoms with Crippen LogP contribution in [0.1, 0.15) is 40.6 Å². The third kappa shape index (κ3) is 6.86. The molecule has 4 N–H and O–H groups in total. The molecule has 3 rings (SSSR count). The van der Waals surface area contributed by atoms with E-state index in [1.165, 1.54) is 0 Å². The fourth-order valence-corrected chi connectivity index (χ4v) is 3.25. The van der Waals surface area contributed by atoms with Crippen molar-refractivity contribution in [3.63, 3.8) is 0 Å². The normalized spacial score (nSPS) is 13.3. The summed E-state index contributed by atoms with van der Waals surface area (Å²) in [5.41, 5.74) is 0.175. The lowest BCUT2D eigenvalue weighted by Gasteiger charge is -2.15. The molecule has 0 bridgehead atoms. The van der Waals surface area contributed by atoms with E-state index < -0.39 is 42.9 Å². The number of rotatable bonds is 10. The van der Waals surface area contributed by atoms with Crippen LogP contribution >= 0.6 is 0 Å². The van der Waals surface area contributed by atoms with Crippen LogP contribution in [0, 0.1) is 0 Å². The maximum absolute atomic E-state index is 13.2. The largest absolute Gasteiger partial charge is 0.457 e. The second-order valence-electron chi connectivity index (χ2n) is 7.78. The van der Waals surface area contributed by atoms with Crippen LogP contribution in [0.4, 0.5) is 13.2 Å². The van der Waals surface area contributed by atoms with Crippen molar-refractivity contribution < 1.29 is 43.1 Å². The number of nitrogens with zero attached hydrogens (tertiary/aromatic N) is 1. The first kappa shape index (κ1) is 26.3. The van der Waals surface area contributed by atoms with Gasteiger partial charge < -0.3 is 25.2 Å². The molecule has 0 amide bonds. The van der Waals surface area contributed by atoms with Crippen LogP contribution in [0.3, 0.4) is 0 Å². The van der Waals surface area contributed by atoms with Gasteiger partial charge in [0.1, 0.15) is 17.6 Å². The average molecular weight is 491 g/mol. The molecule has 2 aromatic carbocycles. The molecule has 186 valence electrons. The van der Waals surface area contributed by atoms with Crippen molar-refractivity contribution in [2.45, 2.75) is 31.2 Å². The Labute approximate surface area is 199 Å². The Kier molecular flexibility index (Phi) is 8.57. The molecule has 0 saturated heterocycles. The van der Waals surface area contributed by atoms with E-state index in [-0.39, 0.29) is 29.9 Å². The SMILES string of the molecule is O=C(CC[C@@H](O)CO)c1cc(C(F)(F)F)ccc1Oc1ccc(-c2cccc([C@H](O)CO)n2)cc1. The Morgan fingerprint density at radius 3 is 2.31 bits per heavy atom. The number of alkyl halides is 3. The topological polar surface area (TPSA) is 120 Å². The second-order valence-corrected chi connectivity index (χ2v) is 7.78. The van der Waals surface area contributed by atoms with Gasteiger partial charge in [0.15, 0.2) is 5.78 Å². The monoisotopic (exact) mass is 491 g/mol. The lowest BCUT2D eigenvalue weighted by molar-refractivity contribution is -0.137. The fraction of sp³-hybridized carbons (Fsp3) is 0.280. The quantitative estimate of drug-likeness (QED) is 0.318. The van der Waals surface area contributed by atoms with E-state index in [2.05, 4.69) is 4.98 Å². The molecular formula is C25H24F3NO6. The van der Waals surface area contributed by atoms with Gasteiger partial charge in [0.25, 0.3) is 0 Å². The number of ketones is 1. The van der Waals surface area contributed by atoms with Crippen LogP contribution in [0.2, 0.25) is 0 Å². The van der Waals surface area contributed by atoms with Gasteiger partial charge in [-0.1, -0.05) is 6.07 Å². The summed E-state index contributed by atoms with van der Waals surface area (Å²) in [6, 6.07) is 13.9. The molecule has 1 aromatic heterocycles. The van der Waals surface area contributed by atoms with Gasteiger partial charge in [-0.2, -0.15) is 13.2 Å². The van der Waals surface area contributed by atoms with Gasteiger partial charge in [-0.15, -0.1) is 0 Å². The molecular weight excluding hydrogens is 467 g/mol.